The molecule has 0 spiro atoms. The summed E-state index contributed by atoms with van der Waals surface area (Å²) in [6.07, 6.45) is 7.34. The van der Waals surface area contributed by atoms with E-state index in [9.17, 15) is 4.39 Å². The molecule has 0 aliphatic rings. The molecule has 2 heterocycles. The van der Waals surface area contributed by atoms with E-state index < -0.39 is 0 Å². The van der Waals surface area contributed by atoms with Crippen molar-refractivity contribution in [1.82, 2.24) is 20.2 Å². The van der Waals surface area contributed by atoms with Crippen molar-refractivity contribution in [2.75, 3.05) is 0 Å². The molecule has 0 aromatic carbocycles. The number of nitrogens with zero attached hydrogens (tertiary/aromatic N) is 3. The van der Waals surface area contributed by atoms with E-state index in [1.807, 2.05) is 16.9 Å². The Morgan fingerprint density at radius 3 is 2.71 bits per heavy atom. The number of nitrogens with one attached hydrogen (secondary N) is 1. The quantitative estimate of drug-likeness (QED) is 0.607. The summed E-state index contributed by atoms with van der Waals surface area (Å²) in [4.78, 5) is 3.75. The summed E-state index contributed by atoms with van der Waals surface area (Å²) < 4.78 is 15.8. The molecule has 2 aromatic rings. The predicted molar refractivity (Wildman–Crippen MR) is 79.8 cm³/mol. The average Bonchev–Trinajstić information content (AvgIpc) is 2.95. The normalized spacial score (nSPS) is 12.8. The van der Waals surface area contributed by atoms with E-state index in [2.05, 4.69) is 29.4 Å². The monoisotopic (exact) mass is 291 g/mol. The molecule has 114 valence electrons. The first-order chi connectivity index (χ1) is 10.2. The first kappa shape index (κ1) is 15.6. The molecule has 0 radical (unpaired) electrons. The van der Waals surface area contributed by atoms with Gasteiger partial charge in [0.25, 0.3) is 0 Å². The molecule has 1 atom stereocenters. The fourth-order valence-electron chi connectivity index (χ4n) is 2.49. The fraction of sp³-hybridized carbons (Fsp3) is 0.467. The van der Waals surface area contributed by atoms with Crippen molar-refractivity contribution in [1.29, 1.82) is 0 Å². The Morgan fingerprint density at radius 1 is 1.33 bits per heavy atom. The van der Waals surface area contributed by atoms with Crippen LogP contribution in [0.1, 0.15) is 50.0 Å². The van der Waals surface area contributed by atoms with Crippen LogP contribution in [-0.2, 0) is 6.42 Å². The van der Waals surface area contributed by atoms with Gasteiger partial charge in [-0.3, -0.25) is 20.9 Å². The summed E-state index contributed by atoms with van der Waals surface area (Å²) in [5.74, 6) is 5.21. The summed E-state index contributed by atoms with van der Waals surface area (Å²) in [5, 5.41) is 4.58. The number of aromatic nitrogens is 3. The largest absolute Gasteiger partial charge is 0.271 e. The standard InChI is InChI=1S/C15H22FN5/c1-3-12(4-2)21-8-6-11(20-21)9-15(19-17)13-5-7-18-10-14(13)16/h5-8,10,12,15,19H,3-4,9,17H2,1-2H3. The summed E-state index contributed by atoms with van der Waals surface area (Å²) in [5.41, 5.74) is 4.05. The molecule has 0 amide bonds. The zero-order valence-corrected chi connectivity index (χ0v) is 12.5. The van der Waals surface area contributed by atoms with Crippen LogP contribution < -0.4 is 11.3 Å². The smallest absolute Gasteiger partial charge is 0.146 e. The molecule has 0 aliphatic carbocycles. The zero-order valence-electron chi connectivity index (χ0n) is 12.5. The first-order valence-electron chi connectivity index (χ1n) is 7.29. The molecule has 0 saturated heterocycles. The Balaban J connectivity index is 2.14. The van der Waals surface area contributed by atoms with E-state index in [4.69, 9.17) is 5.84 Å². The molecule has 1 unspecified atom stereocenters. The number of rotatable bonds is 7. The van der Waals surface area contributed by atoms with Gasteiger partial charge in [-0.25, -0.2) is 4.39 Å². The number of halogens is 1. The van der Waals surface area contributed by atoms with Gasteiger partial charge in [0.2, 0.25) is 0 Å². The van der Waals surface area contributed by atoms with Gasteiger partial charge in [0.1, 0.15) is 5.82 Å². The highest BCUT2D eigenvalue weighted by molar-refractivity contribution is 5.19. The van der Waals surface area contributed by atoms with Crippen LogP contribution in [0.2, 0.25) is 0 Å². The Kier molecular flexibility index (Phi) is 5.41. The number of hydrazine groups is 1. The van der Waals surface area contributed by atoms with E-state index in [0.29, 0.717) is 18.0 Å². The minimum absolute atomic E-state index is 0.321. The van der Waals surface area contributed by atoms with Crippen molar-refractivity contribution >= 4 is 0 Å². The van der Waals surface area contributed by atoms with E-state index >= 15 is 0 Å². The van der Waals surface area contributed by atoms with Crippen LogP contribution in [0, 0.1) is 5.82 Å². The zero-order chi connectivity index (χ0) is 15.2. The van der Waals surface area contributed by atoms with Crippen LogP contribution in [-0.4, -0.2) is 14.8 Å². The number of hydrogen-bond acceptors (Lipinski definition) is 4. The molecule has 0 bridgehead atoms. The number of pyridine rings is 1. The Hall–Kier alpha value is -1.79. The van der Waals surface area contributed by atoms with Gasteiger partial charge in [-0.1, -0.05) is 13.8 Å². The molecule has 2 rings (SSSR count). The van der Waals surface area contributed by atoms with Crippen molar-refractivity contribution in [3.8, 4) is 0 Å². The van der Waals surface area contributed by atoms with Gasteiger partial charge in [-0.05, 0) is 25.0 Å². The van der Waals surface area contributed by atoms with Crippen LogP contribution in [0.4, 0.5) is 4.39 Å². The van der Waals surface area contributed by atoms with Crippen molar-refractivity contribution in [2.24, 2.45) is 5.84 Å². The second-order valence-electron chi connectivity index (χ2n) is 5.08. The van der Waals surface area contributed by atoms with E-state index in [1.54, 1.807) is 12.3 Å². The first-order valence-corrected chi connectivity index (χ1v) is 7.29. The fourth-order valence-corrected chi connectivity index (χ4v) is 2.49. The SMILES string of the molecule is CCC(CC)n1ccc(CC(NN)c2ccncc2F)n1. The molecule has 5 nitrogen and oxygen atoms in total. The van der Waals surface area contributed by atoms with Crippen molar-refractivity contribution in [3.05, 3.63) is 47.8 Å². The minimum atomic E-state index is -0.361. The highest BCUT2D eigenvalue weighted by Crippen LogP contribution is 2.20. The van der Waals surface area contributed by atoms with Gasteiger partial charge in [0.05, 0.1) is 24.0 Å². The lowest BCUT2D eigenvalue weighted by Gasteiger charge is -2.16. The summed E-state index contributed by atoms with van der Waals surface area (Å²) in [7, 11) is 0. The van der Waals surface area contributed by atoms with Gasteiger partial charge >= 0.3 is 0 Å². The van der Waals surface area contributed by atoms with Gasteiger partial charge < -0.3 is 0 Å². The van der Waals surface area contributed by atoms with E-state index in [0.717, 1.165) is 18.5 Å². The molecule has 0 fully saturated rings. The summed E-state index contributed by atoms with van der Waals surface area (Å²) in [6, 6.07) is 3.68. The molecule has 6 heteroatoms. The lowest BCUT2D eigenvalue weighted by Crippen LogP contribution is -2.30. The van der Waals surface area contributed by atoms with Gasteiger partial charge in [0, 0.05) is 24.4 Å². The Bertz CT molecular complexity index is 565. The lowest BCUT2D eigenvalue weighted by atomic mass is 10.0. The number of hydrogen-bond donors (Lipinski definition) is 2. The third-order valence-electron chi connectivity index (χ3n) is 3.77. The molecule has 21 heavy (non-hydrogen) atoms. The molecular weight excluding hydrogens is 269 g/mol. The van der Waals surface area contributed by atoms with Crippen LogP contribution in [0.25, 0.3) is 0 Å². The third kappa shape index (κ3) is 3.65. The van der Waals surface area contributed by atoms with Crippen molar-refractivity contribution in [3.63, 3.8) is 0 Å². The van der Waals surface area contributed by atoms with Crippen LogP contribution in [0.3, 0.4) is 0 Å². The predicted octanol–water partition coefficient (Wildman–Crippen LogP) is 2.53. The highest BCUT2D eigenvalue weighted by atomic mass is 19.1. The molecule has 3 N–H and O–H groups in total. The molecule has 0 aliphatic heterocycles. The van der Waals surface area contributed by atoms with Crippen LogP contribution in [0.5, 0.6) is 0 Å². The summed E-state index contributed by atoms with van der Waals surface area (Å²) >= 11 is 0. The average molecular weight is 291 g/mol. The van der Waals surface area contributed by atoms with Crippen LogP contribution >= 0.6 is 0 Å². The maximum atomic E-state index is 13.8. The van der Waals surface area contributed by atoms with Gasteiger partial charge in [0.15, 0.2) is 0 Å². The van der Waals surface area contributed by atoms with E-state index in [1.165, 1.54) is 6.20 Å². The minimum Gasteiger partial charge on any atom is -0.271 e. The van der Waals surface area contributed by atoms with Crippen molar-refractivity contribution in [2.45, 2.75) is 45.2 Å². The Labute approximate surface area is 124 Å². The highest BCUT2D eigenvalue weighted by Gasteiger charge is 2.17. The maximum absolute atomic E-state index is 13.8. The molecule has 0 saturated carbocycles. The topological polar surface area (TPSA) is 68.8 Å². The van der Waals surface area contributed by atoms with Gasteiger partial charge in [-0.2, -0.15) is 5.10 Å². The maximum Gasteiger partial charge on any atom is 0.146 e. The van der Waals surface area contributed by atoms with Gasteiger partial charge in [-0.15, -0.1) is 0 Å². The second-order valence-corrected chi connectivity index (χ2v) is 5.08. The van der Waals surface area contributed by atoms with E-state index in [-0.39, 0.29) is 11.9 Å². The lowest BCUT2D eigenvalue weighted by molar-refractivity contribution is 0.421. The third-order valence-corrected chi connectivity index (χ3v) is 3.77. The molecular formula is C15H22FN5. The Morgan fingerprint density at radius 2 is 2.10 bits per heavy atom. The summed E-state index contributed by atoms with van der Waals surface area (Å²) in [6.45, 7) is 4.29. The van der Waals surface area contributed by atoms with Crippen LogP contribution in [0.15, 0.2) is 30.7 Å². The number of nitrogens with two attached hydrogens (primary N) is 1. The molecule has 2 aromatic heterocycles. The van der Waals surface area contributed by atoms with Crippen molar-refractivity contribution < 1.29 is 4.39 Å². The second kappa shape index (κ2) is 7.28.